The Labute approximate surface area is 138 Å². The van der Waals surface area contributed by atoms with E-state index in [4.69, 9.17) is 11.6 Å². The van der Waals surface area contributed by atoms with Crippen LogP contribution in [0.25, 0.3) is 16.6 Å². The van der Waals surface area contributed by atoms with E-state index in [9.17, 15) is 4.79 Å². The molecule has 6 heteroatoms. The van der Waals surface area contributed by atoms with E-state index in [1.54, 1.807) is 10.7 Å². The van der Waals surface area contributed by atoms with Crippen molar-refractivity contribution in [2.45, 2.75) is 19.8 Å². The number of fused-ring (bicyclic) bond motifs is 1. The molecule has 3 aromatic heterocycles. The Balaban J connectivity index is 1.69. The molecule has 1 N–H and O–H groups in total. The summed E-state index contributed by atoms with van der Waals surface area (Å²) in [6.07, 6.45) is 5.48. The highest BCUT2D eigenvalue weighted by Gasteiger charge is 2.30. The fourth-order valence-electron chi connectivity index (χ4n) is 2.56. The van der Waals surface area contributed by atoms with Crippen LogP contribution in [0.3, 0.4) is 0 Å². The van der Waals surface area contributed by atoms with Gasteiger partial charge in [-0.2, -0.15) is 5.10 Å². The maximum atomic E-state index is 11.8. The molecule has 1 aliphatic carbocycles. The largest absolute Gasteiger partial charge is 0.309 e. The van der Waals surface area contributed by atoms with E-state index in [-0.39, 0.29) is 11.8 Å². The van der Waals surface area contributed by atoms with Crippen molar-refractivity contribution in [3.63, 3.8) is 0 Å². The third-order valence-corrected chi connectivity index (χ3v) is 4.27. The zero-order valence-corrected chi connectivity index (χ0v) is 13.3. The number of nitrogens with zero attached hydrogens (tertiary/aromatic N) is 3. The molecule has 116 valence electrons. The van der Waals surface area contributed by atoms with Gasteiger partial charge in [0.2, 0.25) is 5.91 Å². The Morgan fingerprint density at radius 2 is 2.17 bits per heavy atom. The Hall–Kier alpha value is -2.40. The zero-order chi connectivity index (χ0) is 16.0. The summed E-state index contributed by atoms with van der Waals surface area (Å²) in [7, 11) is 0. The lowest BCUT2D eigenvalue weighted by Crippen LogP contribution is -2.13. The number of amides is 1. The molecule has 1 saturated carbocycles. The fraction of sp³-hybridized carbons (Fsp3) is 0.235. The van der Waals surface area contributed by atoms with E-state index in [0.29, 0.717) is 10.8 Å². The first-order valence-electron chi connectivity index (χ1n) is 7.53. The predicted molar refractivity (Wildman–Crippen MR) is 89.5 cm³/mol. The van der Waals surface area contributed by atoms with E-state index in [2.05, 4.69) is 15.4 Å². The molecule has 3 heterocycles. The standard InChI is InChI=1S/C17H15ClN4O/c1-10-6-14(15(18)9-19-10)12-4-5-22-13(7-12)8-16(21-22)20-17(23)11-2-3-11/h4-9,11H,2-3H2,1H3,(H,20,21,23). The summed E-state index contributed by atoms with van der Waals surface area (Å²) in [5.41, 5.74) is 3.74. The number of hydrogen-bond acceptors (Lipinski definition) is 3. The number of pyridine rings is 2. The molecule has 0 bridgehead atoms. The molecule has 4 rings (SSSR count). The van der Waals surface area contributed by atoms with Gasteiger partial charge in [-0.1, -0.05) is 11.6 Å². The zero-order valence-electron chi connectivity index (χ0n) is 12.6. The van der Waals surface area contributed by atoms with E-state index < -0.39 is 0 Å². The predicted octanol–water partition coefficient (Wildman–Crippen LogP) is 3.71. The number of halogens is 1. The summed E-state index contributed by atoms with van der Waals surface area (Å²) >= 11 is 6.26. The van der Waals surface area contributed by atoms with Crippen LogP contribution in [0.1, 0.15) is 18.5 Å². The van der Waals surface area contributed by atoms with Crippen LogP contribution >= 0.6 is 11.6 Å². The van der Waals surface area contributed by atoms with Crippen molar-refractivity contribution in [1.29, 1.82) is 0 Å². The minimum atomic E-state index is 0.0569. The van der Waals surface area contributed by atoms with Gasteiger partial charge in [-0.3, -0.25) is 9.78 Å². The number of nitrogens with one attached hydrogen (secondary N) is 1. The molecule has 1 fully saturated rings. The van der Waals surface area contributed by atoms with Gasteiger partial charge in [0, 0.05) is 35.6 Å². The van der Waals surface area contributed by atoms with Gasteiger partial charge in [-0.15, -0.1) is 0 Å². The van der Waals surface area contributed by atoms with Crippen LogP contribution in [0.4, 0.5) is 5.82 Å². The van der Waals surface area contributed by atoms with Crippen molar-refractivity contribution in [1.82, 2.24) is 14.6 Å². The second kappa shape index (κ2) is 5.35. The number of aromatic nitrogens is 3. The van der Waals surface area contributed by atoms with Gasteiger partial charge in [-0.25, -0.2) is 4.52 Å². The summed E-state index contributed by atoms with van der Waals surface area (Å²) in [4.78, 5) is 16.0. The number of carbonyl (C=O) groups excluding carboxylic acids is 1. The topological polar surface area (TPSA) is 59.3 Å². The first kappa shape index (κ1) is 14.2. The van der Waals surface area contributed by atoms with Crippen molar-refractivity contribution in [2.75, 3.05) is 5.32 Å². The van der Waals surface area contributed by atoms with Crippen LogP contribution in [0.15, 0.2) is 36.7 Å². The molecule has 0 unspecified atom stereocenters. The normalized spacial score (nSPS) is 14.2. The monoisotopic (exact) mass is 326 g/mol. The molecule has 0 radical (unpaired) electrons. The first-order valence-corrected chi connectivity index (χ1v) is 7.91. The summed E-state index contributed by atoms with van der Waals surface area (Å²) in [6, 6.07) is 7.78. The van der Waals surface area contributed by atoms with E-state index in [0.717, 1.165) is 35.2 Å². The van der Waals surface area contributed by atoms with Gasteiger partial charge in [0.1, 0.15) is 0 Å². The lowest BCUT2D eigenvalue weighted by Gasteiger charge is -2.05. The van der Waals surface area contributed by atoms with E-state index >= 15 is 0 Å². The number of anilines is 1. The molecule has 3 aromatic rings. The molecular formula is C17H15ClN4O. The van der Waals surface area contributed by atoms with Crippen molar-refractivity contribution in [3.8, 4) is 11.1 Å². The van der Waals surface area contributed by atoms with Gasteiger partial charge < -0.3 is 5.32 Å². The molecule has 0 aromatic carbocycles. The molecule has 0 spiro atoms. The average molecular weight is 327 g/mol. The van der Waals surface area contributed by atoms with Crippen molar-refractivity contribution >= 4 is 28.8 Å². The maximum Gasteiger partial charge on any atom is 0.228 e. The van der Waals surface area contributed by atoms with Crippen LogP contribution in [-0.2, 0) is 4.79 Å². The quantitative estimate of drug-likeness (QED) is 0.798. The van der Waals surface area contributed by atoms with Gasteiger partial charge in [0.15, 0.2) is 5.82 Å². The second-order valence-electron chi connectivity index (χ2n) is 5.88. The van der Waals surface area contributed by atoms with Crippen LogP contribution in [0, 0.1) is 12.8 Å². The summed E-state index contributed by atoms with van der Waals surface area (Å²) < 4.78 is 1.74. The smallest absolute Gasteiger partial charge is 0.228 e. The van der Waals surface area contributed by atoms with Crippen LogP contribution in [-0.4, -0.2) is 20.5 Å². The van der Waals surface area contributed by atoms with Gasteiger partial charge in [-0.05, 0) is 43.5 Å². The lowest BCUT2D eigenvalue weighted by molar-refractivity contribution is -0.117. The summed E-state index contributed by atoms with van der Waals surface area (Å²) in [5, 5.41) is 7.86. The number of hydrogen-bond donors (Lipinski definition) is 1. The van der Waals surface area contributed by atoms with E-state index in [1.165, 1.54) is 0 Å². The molecule has 0 aliphatic heterocycles. The molecular weight excluding hydrogens is 312 g/mol. The first-order chi connectivity index (χ1) is 11.1. The average Bonchev–Trinajstić information content (AvgIpc) is 3.30. The number of rotatable bonds is 3. The van der Waals surface area contributed by atoms with Crippen molar-refractivity contribution in [3.05, 3.63) is 47.4 Å². The molecule has 23 heavy (non-hydrogen) atoms. The van der Waals surface area contributed by atoms with E-state index in [1.807, 2.05) is 37.4 Å². The molecule has 5 nitrogen and oxygen atoms in total. The summed E-state index contributed by atoms with van der Waals surface area (Å²) in [5.74, 6) is 0.798. The third kappa shape index (κ3) is 2.80. The Kier molecular flexibility index (Phi) is 3.31. The van der Waals surface area contributed by atoms with Gasteiger partial charge >= 0.3 is 0 Å². The lowest BCUT2D eigenvalue weighted by atomic mass is 10.1. The second-order valence-corrected chi connectivity index (χ2v) is 6.29. The Bertz CT molecular complexity index is 914. The highest BCUT2D eigenvalue weighted by molar-refractivity contribution is 6.33. The molecule has 0 atom stereocenters. The van der Waals surface area contributed by atoms with Crippen LogP contribution in [0.5, 0.6) is 0 Å². The van der Waals surface area contributed by atoms with Gasteiger partial charge in [0.25, 0.3) is 0 Å². The van der Waals surface area contributed by atoms with Gasteiger partial charge in [0.05, 0.1) is 10.5 Å². The SMILES string of the molecule is Cc1cc(-c2ccn3nc(NC(=O)C4CC4)cc3c2)c(Cl)cn1. The Morgan fingerprint density at radius 3 is 2.96 bits per heavy atom. The fourth-order valence-corrected chi connectivity index (χ4v) is 2.77. The third-order valence-electron chi connectivity index (χ3n) is 3.97. The minimum Gasteiger partial charge on any atom is -0.309 e. The molecule has 0 saturated heterocycles. The number of aryl methyl sites for hydroxylation is 1. The van der Waals surface area contributed by atoms with Crippen LogP contribution in [0.2, 0.25) is 5.02 Å². The molecule has 1 aliphatic rings. The van der Waals surface area contributed by atoms with Crippen molar-refractivity contribution < 1.29 is 4.79 Å². The highest BCUT2D eigenvalue weighted by atomic mass is 35.5. The molecule has 1 amide bonds. The highest BCUT2D eigenvalue weighted by Crippen LogP contribution is 2.31. The van der Waals surface area contributed by atoms with Crippen molar-refractivity contribution in [2.24, 2.45) is 5.92 Å². The van der Waals surface area contributed by atoms with Crippen LogP contribution < -0.4 is 5.32 Å². The Morgan fingerprint density at radius 1 is 1.35 bits per heavy atom. The maximum absolute atomic E-state index is 11.8. The minimum absolute atomic E-state index is 0.0569. The summed E-state index contributed by atoms with van der Waals surface area (Å²) in [6.45, 7) is 1.93. The number of carbonyl (C=O) groups is 1.